The molecule has 0 radical (unpaired) electrons. The number of amides is 1. The van der Waals surface area contributed by atoms with Gasteiger partial charge in [0.25, 0.3) is 5.91 Å². The van der Waals surface area contributed by atoms with Crippen LogP contribution in [0, 0.1) is 0 Å². The van der Waals surface area contributed by atoms with Crippen LogP contribution in [0.4, 0.5) is 0 Å². The molecule has 7 nitrogen and oxygen atoms in total. The molecule has 1 N–H and O–H groups in total. The summed E-state index contributed by atoms with van der Waals surface area (Å²) in [4.78, 5) is 25.3. The fourth-order valence-corrected chi connectivity index (χ4v) is 3.75. The highest BCUT2D eigenvalue weighted by atomic mass is 35.5. The molecule has 1 aliphatic heterocycles. The van der Waals surface area contributed by atoms with Gasteiger partial charge in [0, 0.05) is 11.1 Å². The van der Waals surface area contributed by atoms with Crippen LogP contribution in [-0.2, 0) is 0 Å². The average molecular weight is 473 g/mol. The standard InChI is InChI=1S/C26H17ClN2O5/c27-21-8-4-3-7-19(21)26(31)34-22-11-9-16-5-1-2-6-18(16)20(22)14-28-29-25(30)17-10-12-23-24(13-17)33-15-32-23/h1-14H,15H2,(H,29,30). The van der Waals surface area contributed by atoms with E-state index >= 15 is 0 Å². The van der Waals surface area contributed by atoms with Crippen molar-refractivity contribution in [2.45, 2.75) is 0 Å². The van der Waals surface area contributed by atoms with Crippen LogP contribution in [0.1, 0.15) is 26.3 Å². The molecular formula is C26H17ClN2O5. The summed E-state index contributed by atoms with van der Waals surface area (Å²) in [5.41, 5.74) is 3.64. The maximum absolute atomic E-state index is 12.7. The number of benzene rings is 4. The van der Waals surface area contributed by atoms with Crippen molar-refractivity contribution in [3.05, 3.63) is 101 Å². The first kappa shape index (κ1) is 21.5. The Balaban J connectivity index is 1.42. The Kier molecular flexibility index (Phi) is 5.84. The first-order valence-corrected chi connectivity index (χ1v) is 10.7. The van der Waals surface area contributed by atoms with Crippen molar-refractivity contribution in [1.29, 1.82) is 0 Å². The van der Waals surface area contributed by atoms with Gasteiger partial charge in [-0.15, -0.1) is 0 Å². The van der Waals surface area contributed by atoms with Gasteiger partial charge in [0.05, 0.1) is 16.8 Å². The maximum atomic E-state index is 12.7. The number of esters is 1. The number of fused-ring (bicyclic) bond motifs is 2. The lowest BCUT2D eigenvalue weighted by molar-refractivity contribution is 0.0734. The Morgan fingerprint density at radius 1 is 0.941 bits per heavy atom. The minimum absolute atomic E-state index is 0.120. The van der Waals surface area contributed by atoms with Crippen molar-refractivity contribution in [3.8, 4) is 17.2 Å². The Morgan fingerprint density at radius 2 is 1.74 bits per heavy atom. The second-order valence-electron chi connectivity index (χ2n) is 7.34. The van der Waals surface area contributed by atoms with Crippen molar-refractivity contribution >= 4 is 40.5 Å². The molecule has 4 aromatic rings. The van der Waals surface area contributed by atoms with Crippen molar-refractivity contribution in [2.75, 3.05) is 6.79 Å². The zero-order valence-electron chi connectivity index (χ0n) is 17.7. The highest BCUT2D eigenvalue weighted by Gasteiger charge is 2.17. The van der Waals surface area contributed by atoms with E-state index in [0.717, 1.165) is 10.8 Å². The summed E-state index contributed by atoms with van der Waals surface area (Å²) in [7, 11) is 0. The number of nitrogens with zero attached hydrogens (tertiary/aromatic N) is 1. The normalized spacial score (nSPS) is 12.1. The Labute approximate surface area is 199 Å². The van der Waals surface area contributed by atoms with Crippen molar-refractivity contribution < 1.29 is 23.8 Å². The van der Waals surface area contributed by atoms with Crippen LogP contribution in [0.15, 0.2) is 84.0 Å². The molecule has 5 rings (SSSR count). The Bertz CT molecular complexity index is 1450. The summed E-state index contributed by atoms with van der Waals surface area (Å²) in [5.74, 6) is 0.342. The number of rotatable bonds is 5. The minimum atomic E-state index is -0.597. The van der Waals surface area contributed by atoms with Crippen LogP contribution in [0.3, 0.4) is 0 Å². The van der Waals surface area contributed by atoms with Crippen molar-refractivity contribution in [3.63, 3.8) is 0 Å². The molecular weight excluding hydrogens is 456 g/mol. The molecule has 0 aliphatic carbocycles. The van der Waals surface area contributed by atoms with Gasteiger partial charge in [-0.1, -0.05) is 54.1 Å². The van der Waals surface area contributed by atoms with Crippen LogP contribution in [-0.4, -0.2) is 24.9 Å². The van der Waals surface area contributed by atoms with Gasteiger partial charge < -0.3 is 14.2 Å². The summed E-state index contributed by atoms with van der Waals surface area (Å²) >= 11 is 6.14. The van der Waals surface area contributed by atoms with E-state index in [1.807, 2.05) is 30.3 Å². The molecule has 4 aromatic carbocycles. The van der Waals surface area contributed by atoms with E-state index in [0.29, 0.717) is 27.6 Å². The third kappa shape index (κ3) is 4.29. The van der Waals surface area contributed by atoms with E-state index in [2.05, 4.69) is 10.5 Å². The van der Waals surface area contributed by atoms with Gasteiger partial charge in [0.15, 0.2) is 11.5 Å². The number of halogens is 1. The predicted octanol–water partition coefficient (Wildman–Crippen LogP) is 5.21. The number of hydrogen-bond donors (Lipinski definition) is 1. The minimum Gasteiger partial charge on any atom is -0.454 e. The van der Waals surface area contributed by atoms with Gasteiger partial charge in [-0.05, 0) is 47.2 Å². The number of carbonyl (C=O) groups is 2. The third-order valence-corrected chi connectivity index (χ3v) is 5.55. The predicted molar refractivity (Wildman–Crippen MR) is 128 cm³/mol. The summed E-state index contributed by atoms with van der Waals surface area (Å²) in [6.07, 6.45) is 1.45. The van der Waals surface area contributed by atoms with Crippen LogP contribution >= 0.6 is 11.6 Å². The lowest BCUT2D eigenvalue weighted by Gasteiger charge is -2.11. The fourth-order valence-electron chi connectivity index (χ4n) is 3.54. The number of hydrogen-bond acceptors (Lipinski definition) is 6. The van der Waals surface area contributed by atoms with Gasteiger partial charge in [-0.25, -0.2) is 10.2 Å². The van der Waals surface area contributed by atoms with Gasteiger partial charge in [-0.2, -0.15) is 5.10 Å². The Morgan fingerprint density at radius 3 is 2.62 bits per heavy atom. The van der Waals surface area contributed by atoms with Crippen LogP contribution < -0.4 is 19.6 Å². The Hall–Kier alpha value is -4.36. The maximum Gasteiger partial charge on any atom is 0.345 e. The molecule has 168 valence electrons. The molecule has 1 amide bonds. The van der Waals surface area contributed by atoms with E-state index in [9.17, 15) is 9.59 Å². The molecule has 0 unspecified atom stereocenters. The lowest BCUT2D eigenvalue weighted by Crippen LogP contribution is -2.17. The van der Waals surface area contributed by atoms with Crippen LogP contribution in [0.5, 0.6) is 17.2 Å². The largest absolute Gasteiger partial charge is 0.454 e. The molecule has 0 saturated carbocycles. The van der Waals surface area contributed by atoms with Crippen LogP contribution in [0.2, 0.25) is 5.02 Å². The highest BCUT2D eigenvalue weighted by molar-refractivity contribution is 6.33. The molecule has 1 heterocycles. The molecule has 8 heteroatoms. The topological polar surface area (TPSA) is 86.2 Å². The van der Waals surface area contributed by atoms with Crippen LogP contribution in [0.25, 0.3) is 10.8 Å². The highest BCUT2D eigenvalue weighted by Crippen LogP contribution is 2.32. The van der Waals surface area contributed by atoms with E-state index in [4.69, 9.17) is 25.8 Å². The van der Waals surface area contributed by atoms with Crippen molar-refractivity contribution in [1.82, 2.24) is 5.43 Å². The second kappa shape index (κ2) is 9.25. The fraction of sp³-hybridized carbons (Fsp3) is 0.0385. The summed E-state index contributed by atoms with van der Waals surface area (Å²) in [5, 5.41) is 6.12. The average Bonchev–Trinajstić information content (AvgIpc) is 3.33. The molecule has 1 aliphatic rings. The lowest BCUT2D eigenvalue weighted by atomic mass is 10.0. The monoisotopic (exact) mass is 472 g/mol. The third-order valence-electron chi connectivity index (χ3n) is 5.22. The van der Waals surface area contributed by atoms with Gasteiger partial charge >= 0.3 is 5.97 Å². The second-order valence-corrected chi connectivity index (χ2v) is 7.74. The van der Waals surface area contributed by atoms with E-state index in [1.54, 1.807) is 48.5 Å². The zero-order valence-corrected chi connectivity index (χ0v) is 18.4. The quantitative estimate of drug-likeness (QED) is 0.186. The molecule has 0 bridgehead atoms. The van der Waals surface area contributed by atoms with Gasteiger partial charge in [0.2, 0.25) is 6.79 Å². The summed E-state index contributed by atoms with van der Waals surface area (Å²) < 4.78 is 16.2. The van der Waals surface area contributed by atoms with Gasteiger partial charge in [-0.3, -0.25) is 4.79 Å². The number of ether oxygens (including phenoxy) is 3. The summed E-state index contributed by atoms with van der Waals surface area (Å²) in [6, 6.07) is 22.6. The number of carbonyl (C=O) groups excluding carboxylic acids is 2. The van der Waals surface area contributed by atoms with Gasteiger partial charge in [0.1, 0.15) is 5.75 Å². The number of nitrogens with one attached hydrogen (secondary N) is 1. The molecule has 0 atom stereocenters. The molecule has 34 heavy (non-hydrogen) atoms. The molecule has 0 fully saturated rings. The molecule has 0 spiro atoms. The van der Waals surface area contributed by atoms with E-state index in [1.165, 1.54) is 6.21 Å². The summed E-state index contributed by atoms with van der Waals surface area (Å²) in [6.45, 7) is 0.120. The van der Waals surface area contributed by atoms with Crippen molar-refractivity contribution in [2.24, 2.45) is 5.10 Å². The van der Waals surface area contributed by atoms with E-state index in [-0.39, 0.29) is 18.1 Å². The van der Waals surface area contributed by atoms with E-state index < -0.39 is 11.9 Å². The SMILES string of the molecule is O=C(NN=Cc1c(OC(=O)c2ccccc2Cl)ccc2ccccc12)c1ccc2c(c1)OCO2. The first-order chi connectivity index (χ1) is 16.6. The zero-order chi connectivity index (χ0) is 23.5. The first-order valence-electron chi connectivity index (χ1n) is 10.3. The smallest absolute Gasteiger partial charge is 0.345 e. The molecule has 0 aromatic heterocycles. The number of hydrazone groups is 1. The molecule has 0 saturated heterocycles.